The Morgan fingerprint density at radius 2 is 1.06 bits per heavy atom. The molecule has 0 aromatic rings. The first-order valence-corrected chi connectivity index (χ1v) is 18.5. The molecule has 0 bridgehead atoms. The number of rotatable bonds is 23. The minimum Gasteiger partial charge on any atom is -0.463 e. The lowest BCUT2D eigenvalue weighted by Gasteiger charge is -2.34. The molecule has 1 unspecified atom stereocenters. The zero-order valence-electron chi connectivity index (χ0n) is 29.0. The van der Waals surface area contributed by atoms with E-state index in [-0.39, 0.29) is 24.8 Å². The van der Waals surface area contributed by atoms with Crippen molar-refractivity contribution in [1.29, 1.82) is 0 Å². The molecule has 0 aliphatic rings. The van der Waals surface area contributed by atoms with E-state index in [0.717, 1.165) is 0 Å². The van der Waals surface area contributed by atoms with E-state index < -0.39 is 100 Å². The molecule has 0 aromatic carbocycles. The second-order valence-electron chi connectivity index (χ2n) is 13.5. The summed E-state index contributed by atoms with van der Waals surface area (Å²) < 4.78 is 56.4. The van der Waals surface area contributed by atoms with E-state index in [1.165, 1.54) is 27.7 Å². The van der Waals surface area contributed by atoms with E-state index in [1.54, 1.807) is 0 Å². The second-order valence-corrected chi connectivity index (χ2v) is 18.0. The summed E-state index contributed by atoms with van der Waals surface area (Å²) in [7, 11) is -11.2. The summed E-state index contributed by atoms with van der Waals surface area (Å²) in [6, 6.07) is -1.85. The van der Waals surface area contributed by atoms with Gasteiger partial charge in [-0.15, -0.1) is 0 Å². The van der Waals surface area contributed by atoms with Crippen LogP contribution in [0.15, 0.2) is 0 Å². The van der Waals surface area contributed by atoms with Gasteiger partial charge < -0.3 is 51.0 Å². The van der Waals surface area contributed by atoms with Crippen LogP contribution in [-0.2, 0) is 56.3 Å². The topological polar surface area (TPSA) is 297 Å². The van der Waals surface area contributed by atoms with Crippen molar-refractivity contribution >= 4 is 39.1 Å². The van der Waals surface area contributed by atoms with Gasteiger partial charge in [0.25, 0.3) is 5.08 Å². The van der Waals surface area contributed by atoms with E-state index in [1.807, 2.05) is 27.7 Å². The SMILES string of the molecule is CC(C)C[C@H](N)C(=O)OCC(C)(C)C(=O)OCOP(=O)(OCOC(=O)C(C)(C)COC(=O)[C@@H](N)CC(C)C)C(O)(CCCN)P(=O)(O)O. The van der Waals surface area contributed by atoms with Crippen LogP contribution in [0.4, 0.5) is 0 Å². The van der Waals surface area contributed by atoms with Crippen LogP contribution in [0.2, 0.25) is 0 Å². The van der Waals surface area contributed by atoms with Gasteiger partial charge >= 0.3 is 39.1 Å². The van der Waals surface area contributed by atoms with Crippen LogP contribution in [0.25, 0.3) is 0 Å². The van der Waals surface area contributed by atoms with Gasteiger partial charge in [-0.2, -0.15) is 0 Å². The molecule has 0 rings (SSSR count). The zero-order valence-corrected chi connectivity index (χ0v) is 30.8. The minimum absolute atomic E-state index is 0.107. The molecule has 282 valence electrons. The van der Waals surface area contributed by atoms with E-state index in [9.17, 15) is 43.2 Å². The van der Waals surface area contributed by atoms with Crippen LogP contribution < -0.4 is 17.2 Å². The van der Waals surface area contributed by atoms with Gasteiger partial charge in [-0.3, -0.25) is 37.4 Å². The summed E-state index contributed by atoms with van der Waals surface area (Å²) in [6.45, 7) is 9.12. The summed E-state index contributed by atoms with van der Waals surface area (Å²) in [5, 5.41) is 7.51. The van der Waals surface area contributed by atoms with Gasteiger partial charge in [-0.25, -0.2) is 0 Å². The number of aliphatic hydroxyl groups is 1. The monoisotopic (exact) mass is 735 g/mol. The maximum atomic E-state index is 13.8. The maximum absolute atomic E-state index is 13.8. The fourth-order valence-electron chi connectivity index (χ4n) is 3.76. The lowest BCUT2D eigenvalue weighted by Crippen LogP contribution is -2.39. The molecule has 0 saturated heterocycles. The Morgan fingerprint density at radius 1 is 0.708 bits per heavy atom. The molecule has 18 nitrogen and oxygen atoms in total. The standard InChI is InChI=1S/C28H55N3O15P2/c1-18(2)12-20(30)22(32)41-14-26(5,6)24(34)43-16-45-48(40,28(36,10-9-11-29)47(37,38)39)46-17-44-25(35)27(7,8)15-42-23(33)21(31)13-19(3)4/h18-21,36H,9-17,29-31H2,1-8H3,(H2,37,38,39)/t20-,21-,28?/m0/s1. The Kier molecular flexibility index (Phi) is 18.6. The van der Waals surface area contributed by atoms with Gasteiger partial charge in [0.2, 0.25) is 13.6 Å². The van der Waals surface area contributed by atoms with Gasteiger partial charge in [0.1, 0.15) is 25.3 Å². The third-order valence-corrected chi connectivity index (χ3v) is 11.4. The molecule has 0 aliphatic heterocycles. The summed E-state index contributed by atoms with van der Waals surface area (Å²) in [4.78, 5) is 69.8. The zero-order chi connectivity index (χ0) is 37.7. The third-order valence-electron chi connectivity index (χ3n) is 6.76. The summed E-state index contributed by atoms with van der Waals surface area (Å²) in [5.74, 6) is -3.41. The first-order valence-electron chi connectivity index (χ1n) is 15.3. The summed E-state index contributed by atoms with van der Waals surface area (Å²) >= 11 is 0. The van der Waals surface area contributed by atoms with Gasteiger partial charge in [0.05, 0.1) is 10.8 Å². The van der Waals surface area contributed by atoms with Crippen molar-refractivity contribution in [3.8, 4) is 0 Å². The van der Waals surface area contributed by atoms with Crippen molar-refractivity contribution in [1.82, 2.24) is 0 Å². The van der Waals surface area contributed by atoms with Crippen LogP contribution in [0.3, 0.4) is 0 Å². The molecule has 0 amide bonds. The van der Waals surface area contributed by atoms with Crippen molar-refractivity contribution in [2.75, 3.05) is 33.3 Å². The van der Waals surface area contributed by atoms with Gasteiger partial charge in [0.15, 0.2) is 0 Å². The van der Waals surface area contributed by atoms with Crippen molar-refractivity contribution < 1.29 is 71.2 Å². The van der Waals surface area contributed by atoms with E-state index in [2.05, 4.69) is 0 Å². The Bertz CT molecular complexity index is 1110. The highest BCUT2D eigenvalue weighted by Crippen LogP contribution is 2.74. The average molecular weight is 736 g/mol. The summed E-state index contributed by atoms with van der Waals surface area (Å²) in [5.41, 5.74) is 14.0. The number of hydrogen-bond donors (Lipinski definition) is 6. The Labute approximate surface area is 281 Å². The van der Waals surface area contributed by atoms with Crippen molar-refractivity contribution in [3.05, 3.63) is 0 Å². The van der Waals surface area contributed by atoms with Crippen LogP contribution in [0.5, 0.6) is 0 Å². The molecule has 0 fully saturated rings. The number of nitrogens with two attached hydrogens (primary N) is 3. The Hall–Kier alpha value is -1.98. The van der Waals surface area contributed by atoms with Gasteiger partial charge in [-0.05, 0) is 65.3 Å². The first-order chi connectivity index (χ1) is 21.8. The molecule has 0 spiro atoms. The molecule has 0 saturated carbocycles. The lowest BCUT2D eigenvalue weighted by atomic mass is 9.95. The molecule has 0 heterocycles. The van der Waals surface area contributed by atoms with Crippen LogP contribution in [-0.4, -0.2) is 89.3 Å². The second kappa shape index (κ2) is 19.4. The number of carbonyl (C=O) groups excluding carboxylic acids is 4. The van der Waals surface area contributed by atoms with E-state index in [4.69, 9.17) is 45.2 Å². The van der Waals surface area contributed by atoms with E-state index >= 15 is 0 Å². The quantitative estimate of drug-likeness (QED) is 0.0376. The number of hydrogen-bond acceptors (Lipinski definition) is 16. The fourth-order valence-corrected chi connectivity index (χ4v) is 7.13. The van der Waals surface area contributed by atoms with E-state index in [0.29, 0.717) is 12.8 Å². The molecule has 3 atom stereocenters. The highest BCUT2D eigenvalue weighted by Gasteiger charge is 2.62. The fraction of sp³-hybridized carbons (Fsp3) is 0.857. The lowest BCUT2D eigenvalue weighted by molar-refractivity contribution is -0.169. The Balaban J connectivity index is 5.72. The highest BCUT2D eigenvalue weighted by atomic mass is 31.2. The highest BCUT2D eigenvalue weighted by molar-refractivity contribution is 7.73. The van der Waals surface area contributed by atoms with Crippen molar-refractivity contribution in [3.63, 3.8) is 0 Å². The number of ether oxygens (including phenoxy) is 4. The maximum Gasteiger partial charge on any atom is 0.380 e. The van der Waals surface area contributed by atoms with Crippen LogP contribution >= 0.6 is 15.2 Å². The van der Waals surface area contributed by atoms with Crippen LogP contribution in [0.1, 0.15) is 81.1 Å². The van der Waals surface area contributed by atoms with Crippen molar-refractivity contribution in [2.45, 2.75) is 98.2 Å². The van der Waals surface area contributed by atoms with Crippen molar-refractivity contribution in [2.24, 2.45) is 39.9 Å². The normalized spacial score (nSPS) is 15.4. The smallest absolute Gasteiger partial charge is 0.380 e. The molecular weight excluding hydrogens is 680 g/mol. The van der Waals surface area contributed by atoms with Gasteiger partial charge in [0, 0.05) is 6.42 Å². The molecule has 9 N–H and O–H groups in total. The predicted molar refractivity (Wildman–Crippen MR) is 171 cm³/mol. The third kappa shape index (κ3) is 14.5. The largest absolute Gasteiger partial charge is 0.463 e. The molecular formula is C28H55N3O15P2. The molecule has 0 aromatic heterocycles. The minimum atomic E-state index is -5.75. The molecule has 0 radical (unpaired) electrons. The predicted octanol–water partition coefficient (Wildman–Crippen LogP) is 1.66. The number of carbonyl (C=O) groups is 4. The van der Waals surface area contributed by atoms with Gasteiger partial charge in [-0.1, -0.05) is 27.7 Å². The number of esters is 4. The molecule has 0 aliphatic carbocycles. The van der Waals surface area contributed by atoms with Crippen LogP contribution in [0, 0.1) is 22.7 Å². The first kappa shape index (κ1) is 46.0. The molecule has 20 heteroatoms. The summed E-state index contributed by atoms with van der Waals surface area (Å²) in [6.07, 6.45) is -0.491. The Morgan fingerprint density at radius 3 is 1.35 bits per heavy atom. The molecule has 48 heavy (non-hydrogen) atoms. The average Bonchev–Trinajstić information content (AvgIpc) is 2.95.